The molecule has 1 aliphatic rings. The minimum absolute atomic E-state index is 0.107. The lowest BCUT2D eigenvalue weighted by molar-refractivity contribution is -0.140. The summed E-state index contributed by atoms with van der Waals surface area (Å²) in [6.45, 7) is 0.549. The number of likely N-dealkylation sites (tertiary alicyclic amines) is 1. The van der Waals surface area contributed by atoms with Crippen LogP contribution in [0.5, 0.6) is 0 Å². The third-order valence-electron chi connectivity index (χ3n) is 5.24. The summed E-state index contributed by atoms with van der Waals surface area (Å²) in [4.78, 5) is 6.12. The van der Waals surface area contributed by atoms with E-state index in [0.717, 1.165) is 16.3 Å². The van der Waals surface area contributed by atoms with E-state index in [2.05, 4.69) is 4.98 Å². The van der Waals surface area contributed by atoms with Crippen molar-refractivity contribution in [2.45, 2.75) is 31.2 Å². The lowest BCUT2D eigenvalue weighted by Crippen LogP contribution is -2.45. The van der Waals surface area contributed by atoms with Gasteiger partial charge in [-0.2, -0.15) is 13.2 Å². The number of alkyl halides is 3. The van der Waals surface area contributed by atoms with Crippen LogP contribution in [-0.2, 0) is 0 Å². The summed E-state index contributed by atoms with van der Waals surface area (Å²) in [6.07, 6.45) is -3.82. The van der Waals surface area contributed by atoms with Crippen molar-refractivity contribution in [2.75, 3.05) is 19.6 Å². The van der Waals surface area contributed by atoms with Crippen LogP contribution in [0.2, 0.25) is 10.0 Å². The first kappa shape index (κ1) is 19.8. The molecular weight excluding hydrogens is 414 g/mol. The zero-order valence-electron chi connectivity index (χ0n) is 14.8. The number of hydrogen-bond acceptors (Lipinski definition) is 3. The second-order valence-corrected chi connectivity index (χ2v) is 8.02. The maximum absolute atomic E-state index is 12.5. The summed E-state index contributed by atoms with van der Waals surface area (Å²) in [5.74, 6) is 0. The van der Waals surface area contributed by atoms with Crippen LogP contribution < -0.4 is 0 Å². The van der Waals surface area contributed by atoms with Gasteiger partial charge in [-0.25, -0.2) is 4.98 Å². The summed E-state index contributed by atoms with van der Waals surface area (Å²) in [6, 6.07) is 6.99. The Bertz CT molecular complexity index is 962. The molecule has 2 aromatic heterocycles. The zero-order valence-corrected chi connectivity index (χ0v) is 16.3. The molecule has 4 rings (SSSR count). The number of aliphatic hydroxyl groups excluding tert-OH is 1. The van der Waals surface area contributed by atoms with E-state index in [9.17, 15) is 18.3 Å². The van der Waals surface area contributed by atoms with Gasteiger partial charge in [-0.05, 0) is 30.7 Å². The van der Waals surface area contributed by atoms with E-state index in [1.54, 1.807) is 17.2 Å². The van der Waals surface area contributed by atoms with Gasteiger partial charge in [0, 0.05) is 41.6 Å². The van der Waals surface area contributed by atoms with Gasteiger partial charge in [0.15, 0.2) is 0 Å². The minimum Gasteiger partial charge on any atom is -0.390 e. The summed E-state index contributed by atoms with van der Waals surface area (Å²) in [7, 11) is 0. The van der Waals surface area contributed by atoms with Gasteiger partial charge in [-0.3, -0.25) is 0 Å². The average Bonchev–Trinajstić information content (AvgIpc) is 2.92. The Morgan fingerprint density at radius 3 is 2.61 bits per heavy atom. The van der Waals surface area contributed by atoms with Crippen LogP contribution in [0.4, 0.5) is 13.2 Å². The average molecular weight is 432 g/mol. The topological polar surface area (TPSA) is 41.3 Å². The number of piperidine rings is 1. The molecule has 150 valence electrons. The second-order valence-electron chi connectivity index (χ2n) is 7.15. The molecule has 1 saturated heterocycles. The van der Waals surface area contributed by atoms with Crippen LogP contribution in [0, 0.1) is 0 Å². The molecule has 0 bridgehead atoms. The molecule has 1 N–H and O–H groups in total. The third-order valence-corrected chi connectivity index (χ3v) is 5.69. The number of aliphatic hydroxyl groups is 1. The number of hydrogen-bond donors (Lipinski definition) is 1. The van der Waals surface area contributed by atoms with Crippen LogP contribution in [0.15, 0.2) is 30.5 Å². The van der Waals surface area contributed by atoms with Crippen molar-refractivity contribution in [3.63, 3.8) is 0 Å². The predicted octanol–water partition coefficient (Wildman–Crippen LogP) is 5.06. The van der Waals surface area contributed by atoms with E-state index >= 15 is 0 Å². The number of β-amino-alcohol motifs (C(OH)–C–C–N with tert-alkyl or cyclic N) is 1. The quantitative estimate of drug-likeness (QED) is 0.630. The van der Waals surface area contributed by atoms with E-state index in [1.165, 1.54) is 0 Å². The summed E-state index contributed by atoms with van der Waals surface area (Å²) < 4.78 is 39.5. The van der Waals surface area contributed by atoms with Crippen LogP contribution in [0.1, 0.15) is 18.9 Å². The highest BCUT2D eigenvalue weighted by molar-refractivity contribution is 6.33. The molecular formula is C19H18Cl2F3N3O. The SMILES string of the molecule is O[C@@H]1CN(CCC(F)(F)F)CC[C@H]1n1c2ccc(Cl)cc2c2cc(Cl)cnc21. The first-order chi connectivity index (χ1) is 13.2. The number of halogens is 5. The van der Waals surface area contributed by atoms with Crippen LogP contribution in [0.25, 0.3) is 21.9 Å². The molecule has 4 nitrogen and oxygen atoms in total. The normalized spacial score (nSPS) is 21.6. The number of pyridine rings is 1. The predicted molar refractivity (Wildman–Crippen MR) is 104 cm³/mol. The highest BCUT2D eigenvalue weighted by Crippen LogP contribution is 2.37. The second kappa shape index (κ2) is 7.37. The van der Waals surface area contributed by atoms with Gasteiger partial charge < -0.3 is 14.6 Å². The fraction of sp³-hybridized carbons (Fsp3) is 0.421. The van der Waals surface area contributed by atoms with E-state index in [4.69, 9.17) is 23.2 Å². The molecule has 1 fully saturated rings. The number of fused-ring (bicyclic) bond motifs is 3. The van der Waals surface area contributed by atoms with Crippen LogP contribution in [0.3, 0.4) is 0 Å². The number of nitrogens with zero attached hydrogens (tertiary/aromatic N) is 3. The Kier molecular flexibility index (Phi) is 5.20. The lowest BCUT2D eigenvalue weighted by Gasteiger charge is -2.37. The fourth-order valence-corrected chi connectivity index (χ4v) is 4.31. The van der Waals surface area contributed by atoms with Gasteiger partial charge in [0.1, 0.15) is 5.65 Å². The van der Waals surface area contributed by atoms with Crippen LogP contribution in [-0.4, -0.2) is 51.5 Å². The van der Waals surface area contributed by atoms with Crippen molar-refractivity contribution in [3.8, 4) is 0 Å². The third kappa shape index (κ3) is 3.81. The number of aromatic nitrogens is 2. The number of benzene rings is 1. The molecule has 0 spiro atoms. The van der Waals surface area contributed by atoms with E-state index < -0.39 is 18.7 Å². The molecule has 0 saturated carbocycles. The smallest absolute Gasteiger partial charge is 0.390 e. The summed E-state index contributed by atoms with van der Waals surface area (Å²) >= 11 is 12.3. The summed E-state index contributed by atoms with van der Waals surface area (Å²) in [5.41, 5.74) is 1.54. The van der Waals surface area contributed by atoms with Gasteiger partial charge >= 0.3 is 6.18 Å². The van der Waals surface area contributed by atoms with E-state index in [1.807, 2.05) is 22.8 Å². The highest BCUT2D eigenvalue weighted by atomic mass is 35.5. The largest absolute Gasteiger partial charge is 0.390 e. The maximum atomic E-state index is 12.5. The Balaban J connectivity index is 1.69. The fourth-order valence-electron chi connectivity index (χ4n) is 3.98. The van der Waals surface area contributed by atoms with Crippen molar-refractivity contribution >= 4 is 45.1 Å². The van der Waals surface area contributed by atoms with Gasteiger partial charge in [-0.1, -0.05) is 23.2 Å². The minimum atomic E-state index is -4.20. The molecule has 9 heteroatoms. The van der Waals surface area contributed by atoms with Crippen LogP contribution >= 0.6 is 23.2 Å². The molecule has 0 radical (unpaired) electrons. The van der Waals surface area contributed by atoms with Crippen molar-refractivity contribution in [1.29, 1.82) is 0 Å². The van der Waals surface area contributed by atoms with Crippen molar-refractivity contribution in [2.24, 2.45) is 0 Å². The Morgan fingerprint density at radius 2 is 1.89 bits per heavy atom. The number of rotatable bonds is 3. The van der Waals surface area contributed by atoms with Gasteiger partial charge in [0.05, 0.1) is 29.1 Å². The van der Waals surface area contributed by atoms with Crippen molar-refractivity contribution in [3.05, 3.63) is 40.5 Å². The van der Waals surface area contributed by atoms with Gasteiger partial charge in [-0.15, -0.1) is 0 Å². The van der Waals surface area contributed by atoms with E-state index in [0.29, 0.717) is 28.7 Å². The lowest BCUT2D eigenvalue weighted by atomic mass is 10.0. The zero-order chi connectivity index (χ0) is 20.1. The Morgan fingerprint density at radius 1 is 1.14 bits per heavy atom. The molecule has 3 aromatic rings. The molecule has 2 atom stereocenters. The first-order valence-electron chi connectivity index (χ1n) is 8.95. The summed E-state index contributed by atoms with van der Waals surface area (Å²) in [5, 5.41) is 13.5. The molecule has 0 unspecified atom stereocenters. The van der Waals surface area contributed by atoms with Gasteiger partial charge in [0.25, 0.3) is 0 Å². The molecule has 28 heavy (non-hydrogen) atoms. The first-order valence-corrected chi connectivity index (χ1v) is 9.70. The van der Waals surface area contributed by atoms with Gasteiger partial charge in [0.2, 0.25) is 0 Å². The Labute approximate surface area is 169 Å². The molecule has 0 amide bonds. The highest BCUT2D eigenvalue weighted by Gasteiger charge is 2.34. The molecule has 1 aliphatic heterocycles. The maximum Gasteiger partial charge on any atom is 0.390 e. The standard InChI is InChI=1S/C19H18Cl2F3N3O/c20-11-1-2-15-13(7-11)14-8-12(21)9-25-18(14)27(15)16-3-5-26(10-17(16)28)6-4-19(22,23)24/h1-2,7-9,16-17,28H,3-6,10H2/t16-,17-/m1/s1. The Hall–Kier alpha value is -1.54. The van der Waals surface area contributed by atoms with Crippen molar-refractivity contribution in [1.82, 2.24) is 14.5 Å². The van der Waals surface area contributed by atoms with E-state index in [-0.39, 0.29) is 19.1 Å². The molecule has 1 aromatic carbocycles. The monoisotopic (exact) mass is 431 g/mol. The van der Waals surface area contributed by atoms with Crippen molar-refractivity contribution < 1.29 is 18.3 Å². The molecule has 3 heterocycles. The molecule has 0 aliphatic carbocycles.